The van der Waals surface area contributed by atoms with Gasteiger partial charge in [0.05, 0.1) is 11.8 Å². The Labute approximate surface area is 132 Å². The molecule has 3 aliphatic rings. The van der Waals surface area contributed by atoms with Crippen LogP contribution in [0, 0.1) is 23.7 Å². The van der Waals surface area contributed by atoms with Crippen LogP contribution in [0.15, 0.2) is 11.1 Å². The van der Waals surface area contributed by atoms with E-state index in [4.69, 9.17) is 0 Å². The topological polar surface area (TPSA) is 57.6 Å². The molecular weight excluding hydrogens is 278 g/mol. The third-order valence-electron chi connectivity index (χ3n) is 5.91. The molecule has 4 nitrogen and oxygen atoms in total. The highest BCUT2D eigenvalue weighted by molar-refractivity contribution is 5.87. The summed E-state index contributed by atoms with van der Waals surface area (Å²) in [7, 11) is 0. The van der Waals surface area contributed by atoms with Crippen LogP contribution in [0.4, 0.5) is 0 Å². The van der Waals surface area contributed by atoms with E-state index in [0.29, 0.717) is 0 Å². The van der Waals surface area contributed by atoms with Crippen LogP contribution >= 0.6 is 0 Å². The Bertz CT molecular complexity index is 498. The Hall–Kier alpha value is -1.32. The maximum Gasteiger partial charge on any atom is 0.307 e. The molecule has 3 rings (SSSR count). The average Bonchev–Trinajstić information content (AvgIpc) is 2.90. The van der Waals surface area contributed by atoms with Crippen LogP contribution in [0.1, 0.15) is 52.4 Å². The van der Waals surface area contributed by atoms with Gasteiger partial charge in [0.1, 0.15) is 0 Å². The van der Waals surface area contributed by atoms with Crippen LogP contribution in [0.25, 0.3) is 0 Å². The lowest BCUT2D eigenvalue weighted by atomic mass is 9.78. The maximum absolute atomic E-state index is 13.1. The first-order valence-electron chi connectivity index (χ1n) is 8.71. The zero-order valence-electron chi connectivity index (χ0n) is 13.7. The number of nitrogens with zero attached hydrogens (tertiary/aromatic N) is 1. The molecule has 4 heteroatoms. The summed E-state index contributed by atoms with van der Waals surface area (Å²) in [6.07, 6.45) is 6.40. The van der Waals surface area contributed by atoms with E-state index in [9.17, 15) is 14.7 Å². The van der Waals surface area contributed by atoms with Crippen molar-refractivity contribution >= 4 is 11.9 Å². The summed E-state index contributed by atoms with van der Waals surface area (Å²) in [5.41, 5.74) is 2.51. The lowest BCUT2D eigenvalue weighted by molar-refractivity contribution is -0.152. The van der Waals surface area contributed by atoms with Crippen LogP contribution < -0.4 is 0 Å². The fraction of sp³-hybridized carbons (Fsp3) is 0.778. The Balaban J connectivity index is 1.89. The van der Waals surface area contributed by atoms with Crippen molar-refractivity contribution < 1.29 is 14.7 Å². The molecule has 4 atom stereocenters. The number of carboxylic acid groups (broad SMARTS) is 1. The van der Waals surface area contributed by atoms with Gasteiger partial charge in [-0.05, 0) is 51.4 Å². The molecule has 0 unspecified atom stereocenters. The maximum atomic E-state index is 13.1. The first-order valence-corrected chi connectivity index (χ1v) is 8.71. The molecule has 2 saturated carbocycles. The van der Waals surface area contributed by atoms with Crippen LogP contribution in [-0.4, -0.2) is 35.0 Å². The summed E-state index contributed by atoms with van der Waals surface area (Å²) >= 11 is 0. The fourth-order valence-corrected chi connectivity index (χ4v) is 5.09. The van der Waals surface area contributed by atoms with Gasteiger partial charge >= 0.3 is 5.97 Å². The summed E-state index contributed by atoms with van der Waals surface area (Å²) in [6.45, 7) is 5.75. The molecule has 3 fully saturated rings. The largest absolute Gasteiger partial charge is 0.481 e. The second-order valence-corrected chi connectivity index (χ2v) is 7.37. The van der Waals surface area contributed by atoms with Gasteiger partial charge in [-0.15, -0.1) is 0 Å². The first-order chi connectivity index (χ1) is 10.5. The van der Waals surface area contributed by atoms with E-state index in [1.54, 1.807) is 0 Å². The normalized spacial score (nSPS) is 34.6. The summed E-state index contributed by atoms with van der Waals surface area (Å²) in [6, 6.07) is 0. The Morgan fingerprint density at radius 2 is 1.50 bits per heavy atom. The second-order valence-electron chi connectivity index (χ2n) is 7.37. The number of carbonyl (C=O) groups is 2. The van der Waals surface area contributed by atoms with Crippen molar-refractivity contribution in [3.8, 4) is 0 Å². The molecule has 0 spiro atoms. The molecule has 2 bridgehead atoms. The predicted molar refractivity (Wildman–Crippen MR) is 84.3 cm³/mol. The van der Waals surface area contributed by atoms with Crippen molar-refractivity contribution in [3.05, 3.63) is 11.1 Å². The lowest BCUT2D eigenvalue weighted by Crippen LogP contribution is -2.44. The zero-order valence-corrected chi connectivity index (χ0v) is 13.7. The minimum atomic E-state index is -0.779. The van der Waals surface area contributed by atoms with E-state index in [2.05, 4.69) is 13.8 Å². The van der Waals surface area contributed by atoms with Crippen molar-refractivity contribution in [1.82, 2.24) is 4.90 Å². The third kappa shape index (κ3) is 2.46. The van der Waals surface area contributed by atoms with Crippen molar-refractivity contribution in [2.75, 3.05) is 13.1 Å². The van der Waals surface area contributed by atoms with Gasteiger partial charge in [0, 0.05) is 13.1 Å². The van der Waals surface area contributed by atoms with Gasteiger partial charge in [-0.2, -0.15) is 0 Å². The van der Waals surface area contributed by atoms with E-state index in [1.807, 2.05) is 4.90 Å². The van der Waals surface area contributed by atoms with Gasteiger partial charge in [0.15, 0.2) is 0 Å². The van der Waals surface area contributed by atoms with Crippen LogP contribution in [0.3, 0.4) is 0 Å². The quantitative estimate of drug-likeness (QED) is 0.798. The summed E-state index contributed by atoms with van der Waals surface area (Å²) in [5, 5.41) is 9.71. The van der Waals surface area contributed by atoms with Crippen molar-refractivity contribution in [3.63, 3.8) is 0 Å². The SMILES string of the molecule is CC(C)=C1[C@@H]2CC[C@@H]1[C@@H](C(=O)N1CCCCCC1)[C@H]2C(=O)O. The molecule has 1 amide bonds. The standard InChI is InChI=1S/C18H27NO3/c1-11(2)14-12-7-8-13(14)16(18(21)22)15(12)17(20)19-9-5-3-4-6-10-19/h12-13,15-16H,3-10H2,1-2H3,(H,21,22)/t12-,13-,15+,16-/m0/s1. The number of aliphatic carboxylic acids is 1. The summed E-state index contributed by atoms with van der Waals surface area (Å²) in [4.78, 5) is 26.9. The Morgan fingerprint density at radius 1 is 0.955 bits per heavy atom. The van der Waals surface area contributed by atoms with Crippen LogP contribution in [0.2, 0.25) is 0 Å². The van der Waals surface area contributed by atoms with Gasteiger partial charge in [-0.25, -0.2) is 0 Å². The number of likely N-dealkylation sites (tertiary alicyclic amines) is 1. The number of allylic oxidation sites excluding steroid dienone is 2. The van der Waals surface area contributed by atoms with Gasteiger partial charge in [0.2, 0.25) is 5.91 Å². The molecule has 0 aromatic rings. The smallest absolute Gasteiger partial charge is 0.307 e. The van der Waals surface area contributed by atoms with E-state index in [-0.39, 0.29) is 23.7 Å². The number of rotatable bonds is 2. The first kappa shape index (κ1) is 15.6. The highest BCUT2D eigenvalue weighted by Crippen LogP contribution is 2.57. The van der Waals surface area contributed by atoms with E-state index in [1.165, 1.54) is 24.0 Å². The van der Waals surface area contributed by atoms with Crippen LogP contribution in [-0.2, 0) is 9.59 Å². The molecule has 0 radical (unpaired) electrons. The Morgan fingerprint density at radius 3 is 2.00 bits per heavy atom. The number of carboxylic acids is 1. The molecule has 0 aromatic carbocycles. The number of hydrogen-bond donors (Lipinski definition) is 1. The monoisotopic (exact) mass is 305 g/mol. The molecule has 1 heterocycles. The minimum absolute atomic E-state index is 0.0911. The Kier molecular flexibility index (Phi) is 4.28. The number of amides is 1. The van der Waals surface area contributed by atoms with E-state index < -0.39 is 11.9 Å². The van der Waals surface area contributed by atoms with Gasteiger partial charge in [-0.1, -0.05) is 24.0 Å². The molecule has 1 N–H and O–H groups in total. The minimum Gasteiger partial charge on any atom is -0.481 e. The summed E-state index contributed by atoms with van der Waals surface area (Å²) in [5.74, 6) is -1.22. The van der Waals surface area contributed by atoms with Gasteiger partial charge < -0.3 is 10.0 Å². The van der Waals surface area contributed by atoms with Crippen molar-refractivity contribution in [2.24, 2.45) is 23.7 Å². The van der Waals surface area contributed by atoms with Crippen molar-refractivity contribution in [1.29, 1.82) is 0 Å². The zero-order chi connectivity index (χ0) is 15.9. The molecule has 22 heavy (non-hydrogen) atoms. The summed E-state index contributed by atoms with van der Waals surface area (Å²) < 4.78 is 0. The highest BCUT2D eigenvalue weighted by Gasteiger charge is 2.57. The van der Waals surface area contributed by atoms with Crippen molar-refractivity contribution in [2.45, 2.75) is 52.4 Å². The number of hydrogen-bond acceptors (Lipinski definition) is 2. The number of carbonyl (C=O) groups excluding carboxylic acids is 1. The molecule has 1 saturated heterocycles. The van der Waals surface area contributed by atoms with Gasteiger partial charge in [-0.3, -0.25) is 9.59 Å². The highest BCUT2D eigenvalue weighted by atomic mass is 16.4. The number of fused-ring (bicyclic) bond motifs is 2. The third-order valence-corrected chi connectivity index (χ3v) is 5.91. The average molecular weight is 305 g/mol. The molecule has 2 aliphatic carbocycles. The van der Waals surface area contributed by atoms with E-state index in [0.717, 1.165) is 38.8 Å². The van der Waals surface area contributed by atoms with E-state index >= 15 is 0 Å². The second kappa shape index (κ2) is 6.05. The lowest BCUT2D eigenvalue weighted by Gasteiger charge is -2.31. The fourth-order valence-electron chi connectivity index (χ4n) is 5.09. The van der Waals surface area contributed by atoms with Gasteiger partial charge in [0.25, 0.3) is 0 Å². The predicted octanol–water partition coefficient (Wildman–Crippen LogP) is 3.08. The van der Waals surface area contributed by atoms with Crippen LogP contribution in [0.5, 0.6) is 0 Å². The molecule has 0 aromatic heterocycles. The molecular formula is C18H27NO3. The molecule has 1 aliphatic heterocycles. The molecule has 122 valence electrons.